The van der Waals surface area contributed by atoms with Gasteiger partial charge < -0.3 is 9.15 Å². The number of fused-ring (bicyclic) bond motifs is 1. The van der Waals surface area contributed by atoms with Gasteiger partial charge in [0, 0.05) is 10.4 Å². The summed E-state index contributed by atoms with van der Waals surface area (Å²) in [7, 11) is 0. The molecule has 3 nitrogen and oxygen atoms in total. The first-order chi connectivity index (χ1) is 10.1. The highest BCUT2D eigenvalue weighted by Crippen LogP contribution is 2.27. The number of ketones is 1. The zero-order valence-electron chi connectivity index (χ0n) is 10.8. The van der Waals surface area contributed by atoms with Crippen molar-refractivity contribution in [3.8, 4) is 5.75 Å². The minimum absolute atomic E-state index is 0.127. The summed E-state index contributed by atoms with van der Waals surface area (Å²) >= 11 is 11.9. The molecule has 106 valence electrons. The first-order valence-electron chi connectivity index (χ1n) is 6.23. The lowest BCUT2D eigenvalue weighted by Crippen LogP contribution is -2.10. The highest BCUT2D eigenvalue weighted by atomic mass is 35.5. The van der Waals surface area contributed by atoms with Crippen LogP contribution in [0.4, 0.5) is 0 Å². The summed E-state index contributed by atoms with van der Waals surface area (Å²) < 4.78 is 10.9. The van der Waals surface area contributed by atoms with Gasteiger partial charge in [-0.25, -0.2) is 0 Å². The summed E-state index contributed by atoms with van der Waals surface area (Å²) in [5.41, 5.74) is 0.505. The van der Waals surface area contributed by atoms with Gasteiger partial charge in [0.15, 0.2) is 18.0 Å². The predicted molar refractivity (Wildman–Crippen MR) is 82.5 cm³/mol. The van der Waals surface area contributed by atoms with Gasteiger partial charge in [0.2, 0.25) is 5.78 Å². The van der Waals surface area contributed by atoms with Gasteiger partial charge in [0.1, 0.15) is 5.75 Å². The number of carbonyl (C=O) groups excluding carboxylic acids is 1. The van der Waals surface area contributed by atoms with E-state index in [0.717, 1.165) is 5.39 Å². The van der Waals surface area contributed by atoms with Crippen molar-refractivity contribution in [2.45, 2.75) is 0 Å². The molecule has 0 aliphatic carbocycles. The first kappa shape index (κ1) is 14.0. The summed E-state index contributed by atoms with van der Waals surface area (Å²) in [6, 6.07) is 13.9. The number of halogens is 2. The van der Waals surface area contributed by atoms with E-state index >= 15 is 0 Å². The normalized spacial score (nSPS) is 10.8. The van der Waals surface area contributed by atoms with Crippen molar-refractivity contribution in [2.75, 3.05) is 6.61 Å². The number of furan rings is 1. The van der Waals surface area contributed by atoms with Gasteiger partial charge >= 0.3 is 0 Å². The molecule has 5 heteroatoms. The minimum Gasteiger partial charge on any atom is -0.485 e. The second kappa shape index (κ2) is 5.80. The second-order valence-corrected chi connectivity index (χ2v) is 5.28. The van der Waals surface area contributed by atoms with Gasteiger partial charge in [-0.15, -0.1) is 0 Å². The molecule has 3 aromatic rings. The van der Waals surface area contributed by atoms with Gasteiger partial charge in [-0.3, -0.25) is 4.79 Å². The fourth-order valence-corrected chi connectivity index (χ4v) is 2.34. The fraction of sp³-hybridized carbons (Fsp3) is 0.0625. The van der Waals surface area contributed by atoms with E-state index in [1.807, 2.05) is 6.07 Å². The Labute approximate surface area is 131 Å². The quantitative estimate of drug-likeness (QED) is 0.635. The van der Waals surface area contributed by atoms with E-state index in [1.165, 1.54) is 0 Å². The van der Waals surface area contributed by atoms with Gasteiger partial charge in [0.05, 0.1) is 5.02 Å². The molecule has 0 saturated heterocycles. The Morgan fingerprint density at radius 3 is 2.67 bits per heavy atom. The Hall–Kier alpha value is -1.97. The van der Waals surface area contributed by atoms with Crippen LogP contribution in [0.15, 0.2) is 52.9 Å². The Morgan fingerprint density at radius 1 is 1.10 bits per heavy atom. The molecule has 0 aliphatic rings. The van der Waals surface area contributed by atoms with Crippen LogP contribution >= 0.6 is 23.2 Å². The molecule has 3 rings (SSSR count). The first-order valence-corrected chi connectivity index (χ1v) is 6.99. The summed E-state index contributed by atoms with van der Waals surface area (Å²) in [5, 5.41) is 1.81. The molecule has 0 amide bonds. The highest BCUT2D eigenvalue weighted by Gasteiger charge is 2.14. The maximum atomic E-state index is 12.1. The molecule has 0 radical (unpaired) electrons. The number of rotatable bonds is 4. The lowest BCUT2D eigenvalue weighted by atomic mass is 10.2. The third-order valence-electron chi connectivity index (χ3n) is 2.94. The van der Waals surface area contributed by atoms with Crippen molar-refractivity contribution in [1.29, 1.82) is 0 Å². The lowest BCUT2D eigenvalue weighted by Gasteiger charge is -2.04. The Morgan fingerprint density at radius 2 is 1.90 bits per heavy atom. The highest BCUT2D eigenvalue weighted by molar-refractivity contribution is 6.34. The van der Waals surface area contributed by atoms with Crippen molar-refractivity contribution < 1.29 is 13.9 Å². The zero-order chi connectivity index (χ0) is 14.8. The van der Waals surface area contributed by atoms with Gasteiger partial charge in [-0.05, 0) is 30.3 Å². The lowest BCUT2D eigenvalue weighted by molar-refractivity contribution is 0.0896. The number of hydrogen-bond acceptors (Lipinski definition) is 3. The fourth-order valence-electron chi connectivity index (χ4n) is 1.94. The number of benzene rings is 2. The van der Waals surface area contributed by atoms with E-state index in [2.05, 4.69) is 0 Å². The van der Waals surface area contributed by atoms with E-state index in [1.54, 1.807) is 42.5 Å². The van der Waals surface area contributed by atoms with E-state index in [9.17, 15) is 4.79 Å². The Bertz CT molecular complexity index is 808. The van der Waals surface area contributed by atoms with Crippen molar-refractivity contribution in [2.24, 2.45) is 0 Å². The number of carbonyl (C=O) groups is 1. The van der Waals surface area contributed by atoms with E-state index < -0.39 is 0 Å². The van der Waals surface area contributed by atoms with Crippen LogP contribution in [0.1, 0.15) is 10.6 Å². The average Bonchev–Trinajstić information content (AvgIpc) is 2.90. The van der Waals surface area contributed by atoms with Crippen LogP contribution < -0.4 is 4.74 Å². The van der Waals surface area contributed by atoms with Gasteiger partial charge in [-0.1, -0.05) is 41.4 Å². The van der Waals surface area contributed by atoms with Crippen LogP contribution in [0.5, 0.6) is 5.75 Å². The van der Waals surface area contributed by atoms with Gasteiger partial charge in [0.25, 0.3) is 0 Å². The van der Waals surface area contributed by atoms with Crippen molar-refractivity contribution >= 4 is 40.0 Å². The molecular weight excluding hydrogens is 311 g/mol. The molecular formula is C16H10Cl2O3. The molecule has 0 N–H and O–H groups in total. The molecule has 0 atom stereocenters. The van der Waals surface area contributed by atoms with Crippen molar-refractivity contribution in [1.82, 2.24) is 0 Å². The van der Waals surface area contributed by atoms with Crippen molar-refractivity contribution in [3.05, 3.63) is 64.3 Å². The number of ether oxygens (including phenoxy) is 1. The van der Waals surface area contributed by atoms with Crippen LogP contribution in [0.25, 0.3) is 11.0 Å². The van der Waals surface area contributed by atoms with Crippen LogP contribution in [-0.4, -0.2) is 12.4 Å². The molecule has 0 fully saturated rings. The third kappa shape index (κ3) is 3.04. The van der Waals surface area contributed by atoms with E-state index in [-0.39, 0.29) is 18.2 Å². The van der Waals surface area contributed by atoms with E-state index in [4.69, 9.17) is 32.4 Å². The zero-order valence-corrected chi connectivity index (χ0v) is 12.3. The smallest absolute Gasteiger partial charge is 0.235 e. The monoisotopic (exact) mass is 320 g/mol. The molecule has 2 aromatic carbocycles. The maximum absolute atomic E-state index is 12.1. The molecule has 1 aromatic heterocycles. The van der Waals surface area contributed by atoms with Crippen LogP contribution in [0.2, 0.25) is 10.0 Å². The molecule has 0 bridgehead atoms. The average molecular weight is 321 g/mol. The number of hydrogen-bond donors (Lipinski definition) is 0. The van der Waals surface area contributed by atoms with Crippen molar-refractivity contribution in [3.63, 3.8) is 0 Å². The number of Topliss-reactive ketones (excluding diaryl/α,β-unsaturated/α-hetero) is 1. The largest absolute Gasteiger partial charge is 0.485 e. The molecule has 0 saturated carbocycles. The molecule has 21 heavy (non-hydrogen) atoms. The summed E-state index contributed by atoms with van der Waals surface area (Å²) in [6.45, 7) is -0.127. The Balaban J connectivity index is 1.76. The molecule has 0 spiro atoms. The van der Waals surface area contributed by atoms with Crippen LogP contribution in [0, 0.1) is 0 Å². The van der Waals surface area contributed by atoms with Crippen LogP contribution in [0.3, 0.4) is 0 Å². The SMILES string of the molecule is O=C(COc1cccc(Cl)c1)c1cc2cccc(Cl)c2o1. The number of para-hydroxylation sites is 1. The van der Waals surface area contributed by atoms with E-state index in [0.29, 0.717) is 21.4 Å². The molecule has 0 unspecified atom stereocenters. The molecule has 0 aliphatic heterocycles. The third-order valence-corrected chi connectivity index (χ3v) is 3.47. The maximum Gasteiger partial charge on any atom is 0.235 e. The molecule has 1 heterocycles. The summed E-state index contributed by atoms with van der Waals surface area (Å²) in [6.07, 6.45) is 0. The minimum atomic E-state index is -0.262. The Kier molecular flexibility index (Phi) is 3.86. The standard InChI is InChI=1S/C16H10Cl2O3/c17-11-4-2-5-12(8-11)20-9-14(19)15-7-10-3-1-6-13(18)16(10)21-15/h1-8H,9H2. The van der Waals surface area contributed by atoms with Crippen LogP contribution in [-0.2, 0) is 0 Å². The predicted octanol–water partition coefficient (Wildman–Crippen LogP) is 5.00. The summed E-state index contributed by atoms with van der Waals surface area (Å²) in [4.78, 5) is 12.1. The topological polar surface area (TPSA) is 39.4 Å². The van der Waals surface area contributed by atoms with Gasteiger partial charge in [-0.2, -0.15) is 0 Å². The summed E-state index contributed by atoms with van der Waals surface area (Å²) in [5.74, 6) is 0.493. The second-order valence-electron chi connectivity index (χ2n) is 4.44.